The van der Waals surface area contributed by atoms with Crippen molar-refractivity contribution < 1.29 is 17.9 Å². The Morgan fingerprint density at radius 1 is 1.32 bits per heavy atom. The van der Waals surface area contributed by atoms with E-state index in [-0.39, 0.29) is 0 Å². The van der Waals surface area contributed by atoms with Crippen LogP contribution in [0.3, 0.4) is 0 Å². The van der Waals surface area contributed by atoms with Crippen LogP contribution in [0.4, 0.5) is 0 Å². The Morgan fingerprint density at radius 3 is 2.91 bits per heavy atom. The van der Waals surface area contributed by atoms with E-state index in [0.29, 0.717) is 39.5 Å². The van der Waals surface area contributed by atoms with Gasteiger partial charge in [0.15, 0.2) is 0 Å². The van der Waals surface area contributed by atoms with Crippen LogP contribution >= 0.6 is 11.3 Å². The highest BCUT2D eigenvalue weighted by atomic mass is 32.2. The third kappa shape index (κ3) is 3.87. The fourth-order valence-corrected chi connectivity index (χ4v) is 4.57. The predicted octanol–water partition coefficient (Wildman–Crippen LogP) is 0.611. The minimum absolute atomic E-state index is 0.367. The SMILES string of the molecule is CS(=O)(=O)N1CCOC[C@]2(CN(Cc3ccsc3)CCO2)C1. The van der Waals surface area contributed by atoms with E-state index in [9.17, 15) is 8.42 Å². The van der Waals surface area contributed by atoms with E-state index in [1.807, 2.05) is 0 Å². The number of morpholine rings is 1. The highest BCUT2D eigenvalue weighted by molar-refractivity contribution is 7.88. The maximum absolute atomic E-state index is 11.9. The molecule has 0 aliphatic carbocycles. The van der Waals surface area contributed by atoms with Crippen molar-refractivity contribution in [3.8, 4) is 0 Å². The quantitative estimate of drug-likeness (QED) is 0.803. The summed E-state index contributed by atoms with van der Waals surface area (Å²) in [7, 11) is -3.24. The molecule has 0 radical (unpaired) electrons. The molecule has 124 valence electrons. The minimum atomic E-state index is -3.24. The van der Waals surface area contributed by atoms with Gasteiger partial charge in [-0.3, -0.25) is 4.90 Å². The standard InChI is InChI=1S/C14H22N2O4S2/c1-22(17,18)16-4-5-19-12-14(11-16)10-15(3-6-20-14)8-13-2-7-21-9-13/h2,7,9H,3-6,8,10-12H2,1H3/t14-/m0/s1. The van der Waals surface area contributed by atoms with Gasteiger partial charge in [-0.05, 0) is 22.4 Å². The number of sulfonamides is 1. The monoisotopic (exact) mass is 346 g/mol. The van der Waals surface area contributed by atoms with Crippen molar-refractivity contribution in [2.45, 2.75) is 12.1 Å². The molecule has 6 nitrogen and oxygen atoms in total. The molecule has 0 saturated carbocycles. The van der Waals surface area contributed by atoms with Gasteiger partial charge in [0.05, 0.1) is 26.1 Å². The zero-order valence-corrected chi connectivity index (χ0v) is 14.4. The Hall–Kier alpha value is -0.510. The van der Waals surface area contributed by atoms with E-state index in [4.69, 9.17) is 9.47 Å². The third-order valence-corrected chi connectivity index (χ3v) is 6.08. The second kappa shape index (κ2) is 6.54. The number of hydrogen-bond acceptors (Lipinski definition) is 6. The van der Waals surface area contributed by atoms with Crippen LogP contribution in [0, 0.1) is 0 Å². The van der Waals surface area contributed by atoms with E-state index in [0.717, 1.165) is 13.1 Å². The van der Waals surface area contributed by atoms with Crippen molar-refractivity contribution in [2.75, 3.05) is 52.3 Å². The average Bonchev–Trinajstić information content (AvgIpc) is 2.86. The van der Waals surface area contributed by atoms with Crippen molar-refractivity contribution in [2.24, 2.45) is 0 Å². The summed E-state index contributed by atoms with van der Waals surface area (Å²) in [6.07, 6.45) is 1.25. The van der Waals surface area contributed by atoms with E-state index in [1.54, 1.807) is 11.3 Å². The van der Waals surface area contributed by atoms with Gasteiger partial charge in [0, 0.05) is 32.7 Å². The highest BCUT2D eigenvalue weighted by Crippen LogP contribution is 2.25. The molecule has 22 heavy (non-hydrogen) atoms. The number of hydrogen-bond donors (Lipinski definition) is 0. The second-order valence-corrected chi connectivity index (χ2v) is 8.79. The Kier molecular flexibility index (Phi) is 4.86. The summed E-state index contributed by atoms with van der Waals surface area (Å²) in [6.45, 7) is 4.65. The third-order valence-electron chi connectivity index (χ3n) is 4.10. The summed E-state index contributed by atoms with van der Waals surface area (Å²) in [5.41, 5.74) is 0.727. The number of ether oxygens (including phenoxy) is 2. The van der Waals surface area contributed by atoms with Crippen molar-refractivity contribution in [1.29, 1.82) is 0 Å². The molecule has 8 heteroatoms. The fourth-order valence-electron chi connectivity index (χ4n) is 3.04. The van der Waals surface area contributed by atoms with E-state index < -0.39 is 15.6 Å². The fraction of sp³-hybridized carbons (Fsp3) is 0.714. The van der Waals surface area contributed by atoms with Crippen LogP contribution in [0.2, 0.25) is 0 Å². The summed E-state index contributed by atoms with van der Waals surface area (Å²) >= 11 is 1.69. The maximum Gasteiger partial charge on any atom is 0.211 e. The predicted molar refractivity (Wildman–Crippen MR) is 85.5 cm³/mol. The van der Waals surface area contributed by atoms with Gasteiger partial charge in [0.1, 0.15) is 5.60 Å². The molecule has 0 N–H and O–H groups in total. The first-order valence-electron chi connectivity index (χ1n) is 7.37. The molecule has 3 rings (SSSR count). The lowest BCUT2D eigenvalue weighted by Crippen LogP contribution is -2.58. The molecule has 1 spiro atoms. The molecule has 1 aromatic heterocycles. The molecule has 0 unspecified atom stereocenters. The maximum atomic E-state index is 11.9. The van der Waals surface area contributed by atoms with Gasteiger partial charge in [-0.1, -0.05) is 0 Å². The first-order valence-corrected chi connectivity index (χ1v) is 10.2. The lowest BCUT2D eigenvalue weighted by Gasteiger charge is -2.43. The molecule has 2 fully saturated rings. The first kappa shape index (κ1) is 16.4. The molecule has 0 bridgehead atoms. The van der Waals surface area contributed by atoms with Gasteiger partial charge in [-0.2, -0.15) is 15.6 Å². The van der Waals surface area contributed by atoms with Gasteiger partial charge in [0.25, 0.3) is 0 Å². The molecular formula is C14H22N2O4S2. The first-order chi connectivity index (χ1) is 10.5. The van der Waals surface area contributed by atoms with Crippen molar-refractivity contribution in [3.05, 3.63) is 22.4 Å². The molecule has 2 aliphatic heterocycles. The van der Waals surface area contributed by atoms with Gasteiger partial charge < -0.3 is 9.47 Å². The largest absolute Gasteiger partial charge is 0.377 e. The molecule has 0 aromatic carbocycles. The Balaban J connectivity index is 1.72. The van der Waals surface area contributed by atoms with Gasteiger partial charge in [0.2, 0.25) is 10.0 Å². The Labute approximate surface area is 135 Å². The average molecular weight is 346 g/mol. The van der Waals surface area contributed by atoms with Gasteiger partial charge >= 0.3 is 0 Å². The number of nitrogens with zero attached hydrogens (tertiary/aromatic N) is 2. The van der Waals surface area contributed by atoms with Crippen LogP contribution in [-0.4, -0.2) is 75.5 Å². The smallest absolute Gasteiger partial charge is 0.211 e. The van der Waals surface area contributed by atoms with Crippen molar-refractivity contribution in [1.82, 2.24) is 9.21 Å². The topological polar surface area (TPSA) is 59.1 Å². The molecule has 1 atom stereocenters. The van der Waals surface area contributed by atoms with Crippen molar-refractivity contribution in [3.63, 3.8) is 0 Å². The van der Waals surface area contributed by atoms with Crippen LogP contribution in [0.15, 0.2) is 16.8 Å². The van der Waals surface area contributed by atoms with Gasteiger partial charge in [-0.15, -0.1) is 0 Å². The molecule has 2 aliphatic rings. The highest BCUT2D eigenvalue weighted by Gasteiger charge is 2.42. The Morgan fingerprint density at radius 2 is 2.18 bits per heavy atom. The Bertz CT molecular complexity index is 590. The molecule has 3 heterocycles. The summed E-state index contributed by atoms with van der Waals surface area (Å²) in [6, 6.07) is 2.12. The summed E-state index contributed by atoms with van der Waals surface area (Å²) < 4.78 is 36.9. The van der Waals surface area contributed by atoms with E-state index >= 15 is 0 Å². The lowest BCUT2D eigenvalue weighted by atomic mass is 10.0. The number of rotatable bonds is 3. The van der Waals surface area contributed by atoms with Crippen LogP contribution in [0.5, 0.6) is 0 Å². The number of thiophene rings is 1. The minimum Gasteiger partial charge on any atom is -0.377 e. The zero-order chi connectivity index (χ0) is 15.6. The molecule has 2 saturated heterocycles. The van der Waals surface area contributed by atoms with E-state index in [1.165, 1.54) is 16.1 Å². The second-order valence-electron chi connectivity index (χ2n) is 6.02. The van der Waals surface area contributed by atoms with Crippen LogP contribution in [0.1, 0.15) is 5.56 Å². The van der Waals surface area contributed by atoms with E-state index in [2.05, 4.69) is 21.7 Å². The summed E-state index contributed by atoms with van der Waals surface area (Å²) in [5.74, 6) is 0. The molecule has 1 aromatic rings. The van der Waals surface area contributed by atoms with Gasteiger partial charge in [-0.25, -0.2) is 8.42 Å². The van der Waals surface area contributed by atoms with Crippen LogP contribution in [-0.2, 0) is 26.0 Å². The van der Waals surface area contributed by atoms with Crippen molar-refractivity contribution >= 4 is 21.4 Å². The van der Waals surface area contributed by atoms with Crippen LogP contribution < -0.4 is 0 Å². The molecule has 0 amide bonds. The van der Waals surface area contributed by atoms with Crippen LogP contribution in [0.25, 0.3) is 0 Å². The summed E-state index contributed by atoms with van der Waals surface area (Å²) in [4.78, 5) is 2.32. The molecular weight excluding hydrogens is 324 g/mol. The summed E-state index contributed by atoms with van der Waals surface area (Å²) in [5, 5.41) is 4.22. The normalized spacial score (nSPS) is 28.8. The lowest BCUT2D eigenvalue weighted by molar-refractivity contribution is -0.139. The zero-order valence-electron chi connectivity index (χ0n) is 12.7.